The van der Waals surface area contributed by atoms with E-state index in [1.165, 1.54) is 0 Å². The number of rotatable bonds is 2. The van der Waals surface area contributed by atoms with Crippen molar-refractivity contribution in [2.45, 2.75) is 19.8 Å². The highest BCUT2D eigenvalue weighted by atomic mass is 16.1. The average Bonchev–Trinajstić information content (AvgIpc) is 2.67. The number of hydrogen-bond donors (Lipinski definition) is 0. The van der Waals surface area contributed by atoms with Gasteiger partial charge in [-0.3, -0.25) is 4.79 Å². The summed E-state index contributed by atoms with van der Waals surface area (Å²) in [7, 11) is 0. The molecule has 0 spiro atoms. The number of carbonyl (C=O) groups excluding carboxylic acids is 1. The highest BCUT2D eigenvalue weighted by Crippen LogP contribution is 2.37. The Morgan fingerprint density at radius 1 is 1.65 bits per heavy atom. The van der Waals surface area contributed by atoms with E-state index in [0.717, 1.165) is 12.0 Å². The number of ketones is 1. The highest BCUT2D eigenvalue weighted by Gasteiger charge is 2.35. The number of benzene rings is 1. The monoisotopic (exact) mass is 223 g/mol. The van der Waals surface area contributed by atoms with Gasteiger partial charge in [0.1, 0.15) is 0 Å². The Hall–Kier alpha value is -2.06. The van der Waals surface area contributed by atoms with Crippen molar-refractivity contribution in [1.82, 2.24) is 0 Å². The molecule has 2 unspecified atom stereocenters. The lowest BCUT2D eigenvalue weighted by molar-refractivity contribution is 0.0902. The van der Waals surface area contributed by atoms with Gasteiger partial charge < -0.3 is 0 Å². The summed E-state index contributed by atoms with van der Waals surface area (Å²) in [5.74, 6) is 2.83. The second-order valence-electron chi connectivity index (χ2n) is 4.48. The van der Waals surface area contributed by atoms with Crippen molar-refractivity contribution in [3.8, 4) is 12.3 Å². The summed E-state index contributed by atoms with van der Waals surface area (Å²) in [4.78, 5) is 15.7. The van der Waals surface area contributed by atoms with E-state index in [-0.39, 0.29) is 17.6 Å². The van der Waals surface area contributed by atoms with E-state index in [2.05, 4.69) is 10.8 Å². The summed E-state index contributed by atoms with van der Waals surface area (Å²) in [6, 6.07) is 5.48. The predicted molar refractivity (Wildman–Crippen MR) is 66.8 cm³/mol. The smallest absolute Gasteiger partial charge is 0.198 e. The average molecular weight is 223 g/mol. The maximum atomic E-state index is 12.3. The van der Waals surface area contributed by atoms with Gasteiger partial charge in [-0.15, -0.1) is 12.3 Å². The van der Waals surface area contributed by atoms with Gasteiger partial charge in [0.25, 0.3) is 0 Å². The summed E-state index contributed by atoms with van der Waals surface area (Å²) < 4.78 is 0. The number of hydrogen-bond acceptors (Lipinski definition) is 1. The van der Waals surface area contributed by atoms with Crippen LogP contribution in [0, 0.1) is 30.8 Å². The van der Waals surface area contributed by atoms with Crippen molar-refractivity contribution in [1.29, 1.82) is 0 Å². The molecule has 17 heavy (non-hydrogen) atoms. The van der Waals surface area contributed by atoms with Crippen LogP contribution >= 0.6 is 0 Å². The van der Waals surface area contributed by atoms with E-state index in [1.807, 2.05) is 19.1 Å². The third-order valence-corrected chi connectivity index (χ3v) is 3.40. The Morgan fingerprint density at radius 3 is 3.06 bits per heavy atom. The predicted octanol–water partition coefficient (Wildman–Crippen LogP) is 3.25. The van der Waals surface area contributed by atoms with Crippen LogP contribution in [0.2, 0.25) is 0 Å². The third kappa shape index (κ3) is 1.83. The summed E-state index contributed by atoms with van der Waals surface area (Å²) in [6.45, 7) is 9.10. The van der Waals surface area contributed by atoms with Crippen molar-refractivity contribution in [3.63, 3.8) is 0 Å². The van der Waals surface area contributed by atoms with E-state index in [0.29, 0.717) is 17.7 Å². The molecule has 2 atom stereocenters. The van der Waals surface area contributed by atoms with E-state index < -0.39 is 0 Å². The second kappa shape index (κ2) is 4.44. The Kier molecular flexibility index (Phi) is 2.98. The summed E-state index contributed by atoms with van der Waals surface area (Å²) >= 11 is 0. The maximum Gasteiger partial charge on any atom is 0.198 e. The third-order valence-electron chi connectivity index (χ3n) is 3.40. The molecule has 0 saturated heterocycles. The lowest BCUT2D eigenvalue weighted by Crippen LogP contribution is -2.17. The summed E-state index contributed by atoms with van der Waals surface area (Å²) in [5.41, 5.74) is 2.09. The van der Waals surface area contributed by atoms with Gasteiger partial charge in [0.05, 0.1) is 6.57 Å². The van der Waals surface area contributed by atoms with E-state index in [1.54, 1.807) is 6.07 Å². The molecule has 2 nitrogen and oxygen atoms in total. The van der Waals surface area contributed by atoms with Crippen molar-refractivity contribution in [2.75, 3.05) is 0 Å². The number of fused-ring (bicyclic) bond motifs is 1. The van der Waals surface area contributed by atoms with Gasteiger partial charge in [0.2, 0.25) is 0 Å². The lowest BCUT2D eigenvalue weighted by atomic mass is 9.88. The van der Waals surface area contributed by atoms with Crippen LogP contribution in [0.25, 0.3) is 4.85 Å². The molecule has 1 aromatic carbocycles. The van der Waals surface area contributed by atoms with Crippen LogP contribution in [0.4, 0.5) is 5.69 Å². The molecule has 0 heterocycles. The lowest BCUT2D eigenvalue weighted by Gasteiger charge is -2.14. The van der Waals surface area contributed by atoms with Crippen molar-refractivity contribution in [3.05, 3.63) is 40.7 Å². The minimum atomic E-state index is -0.0519. The molecule has 0 saturated carbocycles. The molecule has 0 amide bonds. The van der Waals surface area contributed by atoms with Gasteiger partial charge in [0, 0.05) is 17.9 Å². The zero-order valence-electron chi connectivity index (χ0n) is 9.73. The molecule has 2 heteroatoms. The van der Waals surface area contributed by atoms with Crippen LogP contribution < -0.4 is 0 Å². The normalized spacial score (nSPS) is 19.2. The van der Waals surface area contributed by atoms with E-state index in [4.69, 9.17) is 13.0 Å². The Bertz CT molecular complexity index is 545. The van der Waals surface area contributed by atoms with Crippen molar-refractivity contribution < 1.29 is 4.79 Å². The molecule has 0 aromatic heterocycles. The summed E-state index contributed by atoms with van der Waals surface area (Å²) in [6.07, 6.45) is 6.63. The maximum absolute atomic E-state index is 12.3. The molecule has 2 rings (SSSR count). The largest absolute Gasteiger partial charge is 0.295 e. The van der Waals surface area contributed by atoms with Gasteiger partial charge >= 0.3 is 0 Å². The molecule has 0 fully saturated rings. The van der Waals surface area contributed by atoms with Crippen LogP contribution in [0.3, 0.4) is 0 Å². The Labute approximate surface area is 101 Å². The standard InChI is InChI=1S/C15H13NO/c1-4-6-10(2)12-9-11-7-5-8-13(16-3)14(11)15(12)17/h1,5,7-8,10,12H,6,9H2,2H3. The fourth-order valence-electron chi connectivity index (χ4n) is 2.44. The van der Waals surface area contributed by atoms with Gasteiger partial charge in [-0.05, 0) is 17.9 Å². The molecule has 0 N–H and O–H groups in total. The molecule has 1 aromatic rings. The Morgan fingerprint density at radius 2 is 2.41 bits per heavy atom. The van der Waals surface area contributed by atoms with E-state index in [9.17, 15) is 4.79 Å². The van der Waals surface area contributed by atoms with Crippen LogP contribution in [-0.2, 0) is 6.42 Å². The highest BCUT2D eigenvalue weighted by molar-refractivity contribution is 6.07. The van der Waals surface area contributed by atoms with Crippen LogP contribution in [-0.4, -0.2) is 5.78 Å². The second-order valence-corrected chi connectivity index (χ2v) is 4.48. The van der Waals surface area contributed by atoms with Crippen LogP contribution in [0.1, 0.15) is 29.3 Å². The molecule has 1 aliphatic rings. The van der Waals surface area contributed by atoms with Crippen LogP contribution in [0.5, 0.6) is 0 Å². The molecule has 1 aliphatic carbocycles. The van der Waals surface area contributed by atoms with Crippen molar-refractivity contribution in [2.24, 2.45) is 11.8 Å². The number of carbonyl (C=O) groups is 1. The van der Waals surface area contributed by atoms with Gasteiger partial charge in [0.15, 0.2) is 11.5 Å². The van der Waals surface area contributed by atoms with Crippen LogP contribution in [0.15, 0.2) is 18.2 Å². The van der Waals surface area contributed by atoms with Crippen molar-refractivity contribution >= 4 is 11.5 Å². The zero-order chi connectivity index (χ0) is 12.4. The molecular formula is C15H13NO. The first-order chi connectivity index (χ1) is 8.19. The zero-order valence-corrected chi connectivity index (χ0v) is 9.73. The fourth-order valence-corrected chi connectivity index (χ4v) is 2.44. The summed E-state index contributed by atoms with van der Waals surface area (Å²) in [5, 5.41) is 0. The number of nitrogens with zero attached hydrogens (tertiary/aromatic N) is 1. The first kappa shape index (κ1) is 11.4. The quantitative estimate of drug-likeness (QED) is 0.557. The van der Waals surface area contributed by atoms with Gasteiger partial charge in [-0.2, -0.15) is 0 Å². The van der Waals surface area contributed by atoms with Gasteiger partial charge in [-0.1, -0.05) is 25.1 Å². The molecular weight excluding hydrogens is 210 g/mol. The molecule has 84 valence electrons. The van der Waals surface area contributed by atoms with Gasteiger partial charge in [-0.25, -0.2) is 4.85 Å². The SMILES string of the molecule is [C-]#[N+]c1cccc2c1C(=O)C(C(C)CC#C)C2. The Balaban J connectivity index is 2.38. The minimum absolute atomic E-state index is 0.0519. The number of terminal acetylenes is 1. The molecule has 0 aliphatic heterocycles. The fraction of sp³-hybridized carbons (Fsp3) is 0.333. The molecule has 0 radical (unpaired) electrons. The minimum Gasteiger partial charge on any atom is -0.295 e. The first-order valence-electron chi connectivity index (χ1n) is 5.66. The van der Waals surface area contributed by atoms with E-state index >= 15 is 0 Å². The first-order valence-corrected chi connectivity index (χ1v) is 5.66. The molecule has 0 bridgehead atoms. The topological polar surface area (TPSA) is 21.4 Å². The number of Topliss-reactive ketones (excluding diaryl/α,β-unsaturated/α-hetero) is 1.